The molecule has 4 nitrogen and oxygen atoms in total. The molecule has 4 heteroatoms. The monoisotopic (exact) mass is 338 g/mol. The first kappa shape index (κ1) is 18.9. The molecule has 0 saturated heterocycles. The summed E-state index contributed by atoms with van der Waals surface area (Å²) in [5.41, 5.74) is 0.762. The standard InChI is InChI=1S/C13H17NO.C8H9NO/c1-13(2)11-6-4-3-5-9(11)7-10(8-14)12(13)15;1-9-8(10)7-5-3-2-4-6-7/h7,9,11H,3-6H2,1-2H3;2-6H,1H3,(H,9,10). The zero-order chi connectivity index (χ0) is 18.4. The average Bonchev–Trinajstić information content (AvgIpc) is 2.65. The Morgan fingerprint density at radius 1 is 1.20 bits per heavy atom. The quantitative estimate of drug-likeness (QED) is 0.844. The van der Waals surface area contributed by atoms with Gasteiger partial charge in [0.2, 0.25) is 0 Å². The van der Waals surface area contributed by atoms with Crippen molar-refractivity contribution in [2.24, 2.45) is 17.3 Å². The summed E-state index contributed by atoms with van der Waals surface area (Å²) < 4.78 is 0. The van der Waals surface area contributed by atoms with Crippen molar-refractivity contribution >= 4 is 11.7 Å². The number of nitriles is 1. The normalized spacial score (nSPS) is 23.9. The summed E-state index contributed by atoms with van der Waals surface area (Å²) >= 11 is 0. The van der Waals surface area contributed by atoms with Crippen molar-refractivity contribution in [3.8, 4) is 6.07 Å². The Kier molecular flexibility index (Phi) is 6.14. The minimum absolute atomic E-state index is 0.0411. The van der Waals surface area contributed by atoms with Gasteiger partial charge >= 0.3 is 0 Å². The highest BCUT2D eigenvalue weighted by atomic mass is 16.1. The number of ketones is 1. The Morgan fingerprint density at radius 3 is 2.44 bits per heavy atom. The summed E-state index contributed by atoms with van der Waals surface area (Å²) in [6.07, 6.45) is 6.68. The number of amides is 1. The highest BCUT2D eigenvalue weighted by Gasteiger charge is 2.45. The number of carbonyl (C=O) groups is 2. The Bertz CT molecular complexity index is 698. The molecular weight excluding hydrogens is 312 g/mol. The fourth-order valence-electron chi connectivity index (χ4n) is 3.88. The second-order valence-electron chi connectivity index (χ2n) is 7.24. The lowest BCUT2D eigenvalue weighted by Crippen LogP contribution is -2.42. The van der Waals surface area contributed by atoms with Crippen LogP contribution in [0.2, 0.25) is 0 Å². The van der Waals surface area contributed by atoms with Crippen LogP contribution in [0, 0.1) is 28.6 Å². The number of benzene rings is 1. The Balaban J connectivity index is 0.000000196. The number of rotatable bonds is 1. The first-order valence-corrected chi connectivity index (χ1v) is 8.85. The molecule has 1 N–H and O–H groups in total. The number of nitrogens with zero attached hydrogens (tertiary/aromatic N) is 1. The molecule has 25 heavy (non-hydrogen) atoms. The molecule has 1 aromatic rings. The van der Waals surface area contributed by atoms with Crippen molar-refractivity contribution in [3.05, 3.63) is 47.5 Å². The lowest BCUT2D eigenvalue weighted by atomic mass is 9.59. The van der Waals surface area contributed by atoms with E-state index in [9.17, 15) is 9.59 Å². The lowest BCUT2D eigenvalue weighted by Gasteiger charge is -2.43. The third-order valence-corrected chi connectivity index (χ3v) is 5.34. The topological polar surface area (TPSA) is 70.0 Å². The Morgan fingerprint density at radius 2 is 1.84 bits per heavy atom. The largest absolute Gasteiger partial charge is 0.355 e. The number of hydrogen-bond acceptors (Lipinski definition) is 3. The maximum atomic E-state index is 12.0. The smallest absolute Gasteiger partial charge is 0.251 e. The van der Waals surface area contributed by atoms with E-state index in [-0.39, 0.29) is 17.1 Å². The van der Waals surface area contributed by atoms with Crippen LogP contribution < -0.4 is 5.32 Å². The molecule has 2 unspecified atom stereocenters. The van der Waals surface area contributed by atoms with Crippen LogP contribution in [0.25, 0.3) is 0 Å². The van der Waals surface area contributed by atoms with Crippen molar-refractivity contribution < 1.29 is 9.59 Å². The van der Waals surface area contributed by atoms with Crippen molar-refractivity contribution in [3.63, 3.8) is 0 Å². The lowest BCUT2D eigenvalue weighted by molar-refractivity contribution is -0.128. The number of allylic oxidation sites excluding steroid dienone is 2. The second-order valence-corrected chi connectivity index (χ2v) is 7.24. The molecule has 1 amide bonds. The maximum Gasteiger partial charge on any atom is 0.251 e. The van der Waals surface area contributed by atoms with Gasteiger partial charge in [0.25, 0.3) is 5.91 Å². The second kappa shape index (κ2) is 8.11. The van der Waals surface area contributed by atoms with Crippen molar-refractivity contribution in [1.82, 2.24) is 5.32 Å². The fourth-order valence-corrected chi connectivity index (χ4v) is 3.88. The molecule has 0 bridgehead atoms. The van der Waals surface area contributed by atoms with E-state index >= 15 is 0 Å². The molecule has 2 atom stereocenters. The van der Waals surface area contributed by atoms with Gasteiger partial charge in [-0.05, 0) is 36.8 Å². The molecule has 0 aromatic heterocycles. The predicted molar refractivity (Wildman–Crippen MR) is 97.8 cm³/mol. The molecular formula is C21H26N2O2. The molecule has 0 aliphatic heterocycles. The maximum absolute atomic E-state index is 12.0. The van der Waals surface area contributed by atoms with Gasteiger partial charge in [0.05, 0.1) is 5.57 Å². The van der Waals surface area contributed by atoms with Crippen molar-refractivity contribution in [2.75, 3.05) is 7.05 Å². The molecule has 3 rings (SSSR count). The van der Waals surface area contributed by atoms with Crippen LogP contribution >= 0.6 is 0 Å². The fraction of sp³-hybridized carbons (Fsp3) is 0.476. The van der Waals surface area contributed by atoms with E-state index in [0.717, 1.165) is 12.8 Å². The third-order valence-electron chi connectivity index (χ3n) is 5.34. The minimum Gasteiger partial charge on any atom is -0.355 e. The van der Waals surface area contributed by atoms with Gasteiger partial charge in [-0.15, -0.1) is 0 Å². The predicted octanol–water partition coefficient (Wildman–Crippen LogP) is 3.90. The molecule has 2 aliphatic carbocycles. The van der Waals surface area contributed by atoms with E-state index in [4.69, 9.17) is 5.26 Å². The van der Waals surface area contributed by atoms with Crippen LogP contribution in [-0.4, -0.2) is 18.7 Å². The highest BCUT2D eigenvalue weighted by Crippen LogP contribution is 2.47. The van der Waals surface area contributed by atoms with Gasteiger partial charge < -0.3 is 5.32 Å². The van der Waals surface area contributed by atoms with Crippen LogP contribution in [-0.2, 0) is 4.79 Å². The van der Waals surface area contributed by atoms with Gasteiger partial charge in [-0.3, -0.25) is 9.59 Å². The number of carbonyl (C=O) groups excluding carboxylic acids is 2. The zero-order valence-electron chi connectivity index (χ0n) is 15.2. The van der Waals surface area contributed by atoms with Crippen LogP contribution in [0.5, 0.6) is 0 Å². The van der Waals surface area contributed by atoms with Gasteiger partial charge in [0.1, 0.15) is 6.07 Å². The average molecular weight is 338 g/mol. The van der Waals surface area contributed by atoms with E-state index in [2.05, 4.69) is 11.4 Å². The van der Waals surface area contributed by atoms with E-state index in [1.54, 1.807) is 19.2 Å². The molecule has 0 radical (unpaired) electrons. The van der Waals surface area contributed by atoms with Gasteiger partial charge in [0.15, 0.2) is 5.78 Å². The molecule has 1 fully saturated rings. The zero-order valence-corrected chi connectivity index (χ0v) is 15.2. The molecule has 1 aromatic carbocycles. The van der Waals surface area contributed by atoms with Gasteiger partial charge in [-0.25, -0.2) is 0 Å². The van der Waals surface area contributed by atoms with Gasteiger partial charge in [-0.1, -0.05) is 51.0 Å². The third kappa shape index (κ3) is 4.17. The van der Waals surface area contributed by atoms with Crippen LogP contribution in [0.1, 0.15) is 49.9 Å². The Hall–Kier alpha value is -2.41. The van der Waals surface area contributed by atoms with E-state index in [1.807, 2.05) is 38.1 Å². The summed E-state index contributed by atoms with van der Waals surface area (Å²) in [6.45, 7) is 4.01. The summed E-state index contributed by atoms with van der Waals surface area (Å²) in [7, 11) is 1.62. The number of nitrogens with one attached hydrogen (secondary N) is 1. The van der Waals surface area contributed by atoms with E-state index < -0.39 is 0 Å². The number of hydrogen-bond donors (Lipinski definition) is 1. The van der Waals surface area contributed by atoms with Crippen LogP contribution in [0.15, 0.2) is 42.0 Å². The summed E-state index contributed by atoms with van der Waals surface area (Å²) in [6, 6.07) is 11.2. The van der Waals surface area contributed by atoms with Crippen LogP contribution in [0.3, 0.4) is 0 Å². The summed E-state index contributed by atoms with van der Waals surface area (Å²) in [5.74, 6) is 0.922. The Labute approximate surface area is 149 Å². The molecule has 2 aliphatic rings. The first-order chi connectivity index (χ1) is 11.9. The van der Waals surface area contributed by atoms with E-state index in [1.165, 1.54) is 12.8 Å². The molecule has 0 spiro atoms. The summed E-state index contributed by atoms with van der Waals surface area (Å²) in [5, 5.41) is 11.5. The summed E-state index contributed by atoms with van der Waals surface area (Å²) in [4.78, 5) is 22.9. The first-order valence-electron chi connectivity index (χ1n) is 8.85. The number of Topliss-reactive ketones (excluding diaryl/α,β-unsaturated/α-hetero) is 1. The van der Waals surface area contributed by atoms with Crippen molar-refractivity contribution in [1.29, 1.82) is 5.26 Å². The van der Waals surface area contributed by atoms with Crippen molar-refractivity contribution in [2.45, 2.75) is 39.5 Å². The van der Waals surface area contributed by atoms with Gasteiger partial charge in [0, 0.05) is 18.0 Å². The minimum atomic E-state index is -0.328. The molecule has 0 heterocycles. The SMILES string of the molecule is CC1(C)C(=O)C(C#N)=CC2CCCCC21.CNC(=O)c1ccccc1. The highest BCUT2D eigenvalue weighted by molar-refractivity contribution is 6.03. The van der Waals surface area contributed by atoms with Crippen LogP contribution in [0.4, 0.5) is 0 Å². The van der Waals surface area contributed by atoms with Gasteiger partial charge in [-0.2, -0.15) is 5.26 Å². The number of fused-ring (bicyclic) bond motifs is 1. The molecule has 132 valence electrons. The molecule has 1 saturated carbocycles. The van der Waals surface area contributed by atoms with E-state index in [0.29, 0.717) is 23.0 Å².